The van der Waals surface area contributed by atoms with Crippen molar-refractivity contribution in [2.24, 2.45) is 0 Å². The van der Waals surface area contributed by atoms with Crippen LogP contribution in [0.25, 0.3) is 11.2 Å². The predicted molar refractivity (Wildman–Crippen MR) is 65.3 cm³/mol. The van der Waals surface area contributed by atoms with Crippen LogP contribution in [0.2, 0.25) is 0 Å². The minimum Gasteiger partial charge on any atom is -0.303 e. The van der Waals surface area contributed by atoms with Crippen LogP contribution in [0, 0.1) is 12.1 Å². The molecule has 19 heavy (non-hydrogen) atoms. The van der Waals surface area contributed by atoms with Crippen molar-refractivity contribution in [3.05, 3.63) is 62.8 Å². The van der Waals surface area contributed by atoms with Crippen molar-refractivity contribution in [3.8, 4) is 0 Å². The fourth-order valence-electron chi connectivity index (χ4n) is 1.86. The Morgan fingerprint density at radius 1 is 1.32 bits per heavy atom. The molecule has 7 heteroatoms. The first kappa shape index (κ1) is 11.4. The summed E-state index contributed by atoms with van der Waals surface area (Å²) in [5.74, 6) is -0.353. The summed E-state index contributed by atoms with van der Waals surface area (Å²) >= 11 is 0. The van der Waals surface area contributed by atoms with E-state index in [0.717, 1.165) is 0 Å². The fourth-order valence-corrected chi connectivity index (χ4v) is 1.86. The minimum absolute atomic E-state index is 0.0935. The zero-order chi connectivity index (χ0) is 13.4. The topological polar surface area (TPSA) is 83.5 Å². The van der Waals surface area contributed by atoms with Gasteiger partial charge in [0.1, 0.15) is 11.5 Å². The molecule has 2 heterocycles. The molecule has 1 aromatic carbocycles. The van der Waals surface area contributed by atoms with Crippen molar-refractivity contribution in [3.63, 3.8) is 0 Å². The molecule has 2 aromatic heterocycles. The SMILES string of the molecule is O=c1[nH]c(=O)c2n[c]n(Cc3cccc(F)c3)c2[nH]1. The first-order valence-corrected chi connectivity index (χ1v) is 5.48. The van der Waals surface area contributed by atoms with E-state index in [-0.39, 0.29) is 23.5 Å². The summed E-state index contributed by atoms with van der Waals surface area (Å²) in [4.78, 5) is 31.1. The van der Waals surface area contributed by atoms with Crippen molar-refractivity contribution in [2.45, 2.75) is 6.54 Å². The van der Waals surface area contributed by atoms with E-state index in [2.05, 4.69) is 21.3 Å². The molecule has 3 rings (SSSR count). The van der Waals surface area contributed by atoms with Crippen molar-refractivity contribution in [2.75, 3.05) is 0 Å². The maximum atomic E-state index is 13.1. The molecule has 0 spiro atoms. The molecular weight excluding hydrogens is 251 g/mol. The van der Waals surface area contributed by atoms with E-state index in [1.807, 2.05) is 0 Å². The lowest BCUT2D eigenvalue weighted by molar-refractivity contribution is 0.623. The summed E-state index contributed by atoms with van der Waals surface area (Å²) in [6, 6.07) is 6.02. The molecule has 6 nitrogen and oxygen atoms in total. The third-order valence-corrected chi connectivity index (χ3v) is 2.68. The number of nitrogens with one attached hydrogen (secondary N) is 2. The summed E-state index contributed by atoms with van der Waals surface area (Å²) in [6.45, 7) is 0.258. The second kappa shape index (κ2) is 4.20. The molecule has 0 aliphatic rings. The Morgan fingerprint density at radius 2 is 2.16 bits per heavy atom. The highest BCUT2D eigenvalue weighted by Crippen LogP contribution is 2.09. The average molecular weight is 259 g/mol. The monoisotopic (exact) mass is 259 g/mol. The van der Waals surface area contributed by atoms with Crippen molar-refractivity contribution >= 4 is 11.2 Å². The van der Waals surface area contributed by atoms with Crippen LogP contribution in [-0.4, -0.2) is 19.5 Å². The number of hydrogen-bond donors (Lipinski definition) is 2. The van der Waals surface area contributed by atoms with Gasteiger partial charge in [-0.05, 0) is 17.7 Å². The third kappa shape index (κ3) is 2.05. The van der Waals surface area contributed by atoms with Gasteiger partial charge in [-0.15, -0.1) is 0 Å². The molecule has 3 aromatic rings. The van der Waals surface area contributed by atoms with Gasteiger partial charge in [-0.1, -0.05) is 12.1 Å². The van der Waals surface area contributed by atoms with Gasteiger partial charge < -0.3 is 4.57 Å². The number of benzene rings is 1. The molecule has 0 saturated carbocycles. The van der Waals surface area contributed by atoms with Crippen LogP contribution < -0.4 is 11.2 Å². The molecule has 0 unspecified atom stereocenters. The Balaban J connectivity index is 2.11. The van der Waals surface area contributed by atoms with E-state index in [4.69, 9.17) is 0 Å². The number of aromatic nitrogens is 4. The number of imidazole rings is 1. The first-order valence-electron chi connectivity index (χ1n) is 5.48. The Morgan fingerprint density at radius 3 is 2.95 bits per heavy atom. The molecular formula is C12H8FN4O2. The van der Waals surface area contributed by atoms with Crippen LogP contribution >= 0.6 is 0 Å². The van der Waals surface area contributed by atoms with Crippen molar-refractivity contribution in [1.29, 1.82) is 0 Å². The lowest BCUT2D eigenvalue weighted by Gasteiger charge is -2.03. The van der Waals surface area contributed by atoms with Crippen LogP contribution in [0.1, 0.15) is 5.56 Å². The highest BCUT2D eigenvalue weighted by atomic mass is 19.1. The van der Waals surface area contributed by atoms with Gasteiger partial charge in [-0.3, -0.25) is 14.8 Å². The molecule has 0 fully saturated rings. The molecule has 2 N–H and O–H groups in total. The van der Waals surface area contributed by atoms with Crippen LogP contribution in [0.3, 0.4) is 0 Å². The van der Waals surface area contributed by atoms with E-state index in [0.29, 0.717) is 5.56 Å². The number of nitrogens with zero attached hydrogens (tertiary/aromatic N) is 2. The summed E-state index contributed by atoms with van der Waals surface area (Å²) in [6.07, 6.45) is 2.60. The number of H-pyrrole nitrogens is 2. The van der Waals surface area contributed by atoms with Crippen LogP contribution in [0.4, 0.5) is 4.39 Å². The number of fused-ring (bicyclic) bond motifs is 1. The summed E-state index contributed by atoms with van der Waals surface area (Å²) in [7, 11) is 0. The highest BCUT2D eigenvalue weighted by Gasteiger charge is 2.09. The van der Waals surface area contributed by atoms with Crippen molar-refractivity contribution < 1.29 is 4.39 Å². The van der Waals surface area contributed by atoms with E-state index in [9.17, 15) is 14.0 Å². The minimum atomic E-state index is -0.619. The van der Waals surface area contributed by atoms with E-state index < -0.39 is 11.2 Å². The molecule has 0 amide bonds. The largest absolute Gasteiger partial charge is 0.327 e. The van der Waals surface area contributed by atoms with Gasteiger partial charge in [0.15, 0.2) is 11.8 Å². The second-order valence-corrected chi connectivity index (χ2v) is 4.03. The lowest BCUT2D eigenvalue weighted by Crippen LogP contribution is -2.22. The molecule has 1 radical (unpaired) electrons. The third-order valence-electron chi connectivity index (χ3n) is 2.68. The average Bonchev–Trinajstić information content (AvgIpc) is 2.73. The van der Waals surface area contributed by atoms with E-state index >= 15 is 0 Å². The molecule has 0 aliphatic carbocycles. The van der Waals surface area contributed by atoms with Crippen molar-refractivity contribution in [1.82, 2.24) is 19.5 Å². The van der Waals surface area contributed by atoms with Gasteiger partial charge in [0, 0.05) is 0 Å². The first-order chi connectivity index (χ1) is 9.13. The van der Waals surface area contributed by atoms with Crippen LogP contribution in [-0.2, 0) is 6.54 Å². The molecule has 0 aliphatic heterocycles. The van der Waals surface area contributed by atoms with Gasteiger partial charge in [0.05, 0.1) is 6.54 Å². The molecule has 0 bridgehead atoms. The fraction of sp³-hybridized carbons (Fsp3) is 0.0833. The lowest BCUT2D eigenvalue weighted by atomic mass is 10.2. The maximum absolute atomic E-state index is 13.1. The van der Waals surface area contributed by atoms with Crippen LogP contribution in [0.5, 0.6) is 0 Å². The van der Waals surface area contributed by atoms with Gasteiger partial charge in [0.25, 0.3) is 5.56 Å². The molecule has 95 valence electrons. The Hall–Kier alpha value is -2.70. The van der Waals surface area contributed by atoms with Gasteiger partial charge in [-0.25, -0.2) is 14.2 Å². The predicted octanol–water partition coefficient (Wildman–Crippen LogP) is 0.400. The Labute approximate surface area is 105 Å². The number of aromatic amines is 2. The van der Waals surface area contributed by atoms with Gasteiger partial charge in [-0.2, -0.15) is 0 Å². The number of hydrogen-bond acceptors (Lipinski definition) is 3. The summed E-state index contributed by atoms with van der Waals surface area (Å²) < 4.78 is 14.5. The van der Waals surface area contributed by atoms with E-state index in [1.54, 1.807) is 12.1 Å². The molecule has 0 saturated heterocycles. The zero-order valence-electron chi connectivity index (χ0n) is 9.61. The molecule has 0 atom stereocenters. The maximum Gasteiger partial charge on any atom is 0.327 e. The Bertz CT molecular complexity index is 862. The second-order valence-electron chi connectivity index (χ2n) is 4.03. The smallest absolute Gasteiger partial charge is 0.303 e. The quantitative estimate of drug-likeness (QED) is 0.698. The Kier molecular flexibility index (Phi) is 2.52. The van der Waals surface area contributed by atoms with Crippen LogP contribution in [0.15, 0.2) is 33.9 Å². The van der Waals surface area contributed by atoms with Gasteiger partial charge >= 0.3 is 5.69 Å². The standard InChI is InChI=1S/C12H8FN4O2/c13-8-3-1-2-7(4-8)5-17-6-14-9-10(17)15-12(19)16-11(9)18/h1-4H,5H2,(H2,15,16,18,19). The van der Waals surface area contributed by atoms with Gasteiger partial charge in [0.2, 0.25) is 0 Å². The van der Waals surface area contributed by atoms with E-state index in [1.165, 1.54) is 16.7 Å². The normalized spacial score (nSPS) is 11.0. The highest BCUT2D eigenvalue weighted by molar-refractivity contribution is 5.68. The number of halogens is 1. The summed E-state index contributed by atoms with van der Waals surface area (Å²) in [5, 5.41) is 0. The number of rotatable bonds is 2. The summed E-state index contributed by atoms with van der Waals surface area (Å²) in [5.41, 5.74) is -0.162. The zero-order valence-corrected chi connectivity index (χ0v) is 9.61.